The van der Waals surface area contributed by atoms with E-state index >= 15 is 0 Å². The molecule has 0 unspecified atom stereocenters. The maximum absolute atomic E-state index is 5.94. The van der Waals surface area contributed by atoms with E-state index in [9.17, 15) is 0 Å². The van der Waals surface area contributed by atoms with E-state index in [1.165, 1.54) is 19.4 Å². The smallest absolute Gasteiger partial charge is 0.124 e. The van der Waals surface area contributed by atoms with Crippen LogP contribution in [0.5, 0.6) is 5.75 Å². The zero-order chi connectivity index (χ0) is 13.1. The van der Waals surface area contributed by atoms with Crippen molar-refractivity contribution < 1.29 is 9.47 Å². The highest BCUT2D eigenvalue weighted by Crippen LogP contribution is 2.23. The lowest BCUT2D eigenvalue weighted by atomic mass is 10.0. The molecule has 0 amide bonds. The Hall–Kier alpha value is -0.770. The Morgan fingerprint density at radius 3 is 3.00 bits per heavy atom. The monoisotopic (exact) mass is 281 g/mol. The first kappa shape index (κ1) is 13.2. The molecule has 3 nitrogen and oxygen atoms in total. The van der Waals surface area contributed by atoms with Crippen LogP contribution >= 0.6 is 11.6 Å². The number of hydrogen-bond acceptors (Lipinski definition) is 3. The predicted molar refractivity (Wildman–Crippen MR) is 75.9 cm³/mol. The molecule has 0 N–H and O–H groups in total. The third-order valence-corrected chi connectivity index (χ3v) is 4.14. The molecular weight excluding hydrogens is 262 g/mol. The Kier molecular flexibility index (Phi) is 4.26. The number of likely N-dealkylation sites (tertiary alicyclic amines) is 1. The highest BCUT2D eigenvalue weighted by Gasteiger charge is 2.29. The number of ether oxygens (including phenoxy) is 2. The molecule has 2 aliphatic rings. The van der Waals surface area contributed by atoms with Crippen LogP contribution in [0.2, 0.25) is 5.02 Å². The number of nitrogens with zero attached hydrogens (tertiary/aromatic N) is 1. The van der Waals surface area contributed by atoms with Crippen LogP contribution < -0.4 is 4.74 Å². The molecule has 1 aromatic rings. The molecule has 2 fully saturated rings. The summed E-state index contributed by atoms with van der Waals surface area (Å²) in [5, 5.41) is 0.731. The van der Waals surface area contributed by atoms with Crippen molar-refractivity contribution in [3.05, 3.63) is 29.3 Å². The van der Waals surface area contributed by atoms with E-state index in [0.29, 0.717) is 6.10 Å². The van der Waals surface area contributed by atoms with E-state index in [2.05, 4.69) is 4.90 Å². The van der Waals surface area contributed by atoms with Gasteiger partial charge >= 0.3 is 0 Å². The van der Waals surface area contributed by atoms with Gasteiger partial charge in [-0.05, 0) is 43.5 Å². The maximum atomic E-state index is 5.94. The molecule has 0 aliphatic carbocycles. The molecule has 2 saturated heterocycles. The molecule has 19 heavy (non-hydrogen) atoms. The van der Waals surface area contributed by atoms with Crippen LogP contribution in [0.25, 0.3) is 0 Å². The molecule has 2 aliphatic heterocycles. The normalized spacial score (nSPS) is 24.4. The average molecular weight is 282 g/mol. The zero-order valence-electron chi connectivity index (χ0n) is 11.1. The van der Waals surface area contributed by atoms with Gasteiger partial charge in [0.05, 0.1) is 0 Å². The highest BCUT2D eigenvalue weighted by molar-refractivity contribution is 6.30. The van der Waals surface area contributed by atoms with E-state index < -0.39 is 0 Å². The van der Waals surface area contributed by atoms with E-state index in [1.54, 1.807) is 0 Å². The van der Waals surface area contributed by atoms with Gasteiger partial charge in [-0.3, -0.25) is 4.90 Å². The van der Waals surface area contributed by atoms with Crippen molar-refractivity contribution in [3.63, 3.8) is 0 Å². The number of hydrogen-bond donors (Lipinski definition) is 0. The van der Waals surface area contributed by atoms with Gasteiger partial charge in [0.25, 0.3) is 0 Å². The lowest BCUT2D eigenvalue weighted by molar-refractivity contribution is 0.0164. The second-order valence-electron chi connectivity index (χ2n) is 5.48. The molecule has 0 bridgehead atoms. The van der Waals surface area contributed by atoms with Crippen LogP contribution in [0.1, 0.15) is 12.8 Å². The zero-order valence-corrected chi connectivity index (χ0v) is 11.8. The summed E-state index contributed by atoms with van der Waals surface area (Å²) >= 11 is 5.94. The maximum Gasteiger partial charge on any atom is 0.124 e. The molecular formula is C15H20ClNO2. The lowest BCUT2D eigenvalue weighted by Crippen LogP contribution is -2.54. The summed E-state index contributed by atoms with van der Waals surface area (Å²) < 4.78 is 11.3. The van der Waals surface area contributed by atoms with Crippen molar-refractivity contribution in [1.29, 1.82) is 0 Å². The first-order chi connectivity index (χ1) is 9.29. The van der Waals surface area contributed by atoms with Crippen LogP contribution in [-0.2, 0) is 4.74 Å². The molecule has 1 atom stereocenters. The van der Waals surface area contributed by atoms with Gasteiger partial charge < -0.3 is 9.47 Å². The fourth-order valence-electron chi connectivity index (χ4n) is 2.69. The van der Waals surface area contributed by atoms with Gasteiger partial charge in [-0.1, -0.05) is 17.7 Å². The molecule has 4 heteroatoms. The van der Waals surface area contributed by atoms with Gasteiger partial charge in [0, 0.05) is 31.3 Å². The molecule has 0 spiro atoms. The second-order valence-corrected chi connectivity index (χ2v) is 5.91. The molecule has 2 heterocycles. The Bertz CT molecular complexity index is 414. The summed E-state index contributed by atoms with van der Waals surface area (Å²) in [6.07, 6.45) is 2.80. The lowest BCUT2D eigenvalue weighted by Gasteiger charge is -2.39. The summed E-state index contributed by atoms with van der Waals surface area (Å²) in [6.45, 7) is 5.13. The van der Waals surface area contributed by atoms with Crippen LogP contribution in [0.3, 0.4) is 0 Å². The summed E-state index contributed by atoms with van der Waals surface area (Å²) in [7, 11) is 0. The third-order valence-electron chi connectivity index (χ3n) is 3.90. The van der Waals surface area contributed by atoms with Gasteiger partial charge in [-0.2, -0.15) is 0 Å². The first-order valence-corrected chi connectivity index (χ1v) is 7.40. The topological polar surface area (TPSA) is 21.7 Å². The van der Waals surface area contributed by atoms with Crippen molar-refractivity contribution in [2.75, 3.05) is 32.8 Å². The van der Waals surface area contributed by atoms with E-state index in [4.69, 9.17) is 21.1 Å². The molecule has 0 saturated carbocycles. The van der Waals surface area contributed by atoms with Gasteiger partial charge in [-0.25, -0.2) is 0 Å². The minimum Gasteiger partial charge on any atom is -0.488 e. The average Bonchev–Trinajstić information content (AvgIpc) is 2.85. The summed E-state index contributed by atoms with van der Waals surface area (Å²) in [5.41, 5.74) is 0. The van der Waals surface area contributed by atoms with Crippen LogP contribution in [-0.4, -0.2) is 43.9 Å². The van der Waals surface area contributed by atoms with Gasteiger partial charge in [0.15, 0.2) is 0 Å². The van der Waals surface area contributed by atoms with E-state index in [0.717, 1.165) is 43.0 Å². The van der Waals surface area contributed by atoms with Crippen molar-refractivity contribution in [1.82, 2.24) is 4.90 Å². The van der Waals surface area contributed by atoms with Crippen molar-refractivity contribution in [2.24, 2.45) is 5.92 Å². The summed E-state index contributed by atoms with van der Waals surface area (Å²) in [6, 6.07) is 7.63. The van der Waals surface area contributed by atoms with Crippen LogP contribution in [0.4, 0.5) is 0 Å². The van der Waals surface area contributed by atoms with Crippen LogP contribution in [0, 0.1) is 5.92 Å². The fourth-order valence-corrected chi connectivity index (χ4v) is 2.87. The minimum absolute atomic E-state index is 0.318. The standard InChI is InChI=1S/C15H20ClNO2/c16-13-2-1-3-14(8-13)19-15-9-17(10-15)6-4-12-5-7-18-11-12/h1-3,8,12,15H,4-7,9-11H2/t12-/m1/s1. The number of rotatable bonds is 5. The largest absolute Gasteiger partial charge is 0.488 e. The Balaban J connectivity index is 1.36. The molecule has 0 radical (unpaired) electrons. The summed E-state index contributed by atoms with van der Waals surface area (Å²) in [4.78, 5) is 2.45. The molecule has 104 valence electrons. The van der Waals surface area contributed by atoms with E-state index in [1.807, 2.05) is 24.3 Å². The summed E-state index contributed by atoms with van der Waals surface area (Å²) in [5.74, 6) is 1.65. The Morgan fingerprint density at radius 2 is 2.26 bits per heavy atom. The quantitative estimate of drug-likeness (QED) is 0.828. The molecule has 0 aromatic heterocycles. The highest BCUT2D eigenvalue weighted by atomic mass is 35.5. The fraction of sp³-hybridized carbons (Fsp3) is 0.600. The van der Waals surface area contributed by atoms with Crippen LogP contribution in [0.15, 0.2) is 24.3 Å². The minimum atomic E-state index is 0.318. The van der Waals surface area contributed by atoms with Crippen molar-refractivity contribution in [3.8, 4) is 5.75 Å². The predicted octanol–water partition coefficient (Wildman–Crippen LogP) is 2.83. The first-order valence-electron chi connectivity index (χ1n) is 7.02. The number of halogens is 1. The SMILES string of the molecule is Clc1cccc(OC2CN(CC[C@@H]3CCOC3)C2)c1. The Labute approximate surface area is 119 Å². The van der Waals surface area contributed by atoms with E-state index in [-0.39, 0.29) is 0 Å². The number of benzene rings is 1. The molecule has 3 rings (SSSR count). The van der Waals surface area contributed by atoms with Gasteiger partial charge in [-0.15, -0.1) is 0 Å². The molecule has 1 aromatic carbocycles. The Morgan fingerprint density at radius 1 is 1.37 bits per heavy atom. The van der Waals surface area contributed by atoms with Gasteiger partial charge in [0.2, 0.25) is 0 Å². The van der Waals surface area contributed by atoms with Crippen molar-refractivity contribution >= 4 is 11.6 Å². The van der Waals surface area contributed by atoms with Crippen molar-refractivity contribution in [2.45, 2.75) is 18.9 Å². The second kappa shape index (κ2) is 6.12. The third kappa shape index (κ3) is 3.62. The van der Waals surface area contributed by atoms with Gasteiger partial charge in [0.1, 0.15) is 11.9 Å².